The molecule has 4 bridgehead atoms. The monoisotopic (exact) mass is 685 g/mol. The van der Waals surface area contributed by atoms with Gasteiger partial charge in [-0.3, -0.25) is 13.9 Å². The van der Waals surface area contributed by atoms with Crippen LogP contribution in [0, 0.1) is 17.8 Å². The summed E-state index contributed by atoms with van der Waals surface area (Å²) in [5.41, 5.74) is 3.61. The molecule has 2 amide bonds. The maximum Gasteiger partial charge on any atom is 0.244 e. The molecule has 1 atom stereocenters. The van der Waals surface area contributed by atoms with Crippen molar-refractivity contribution in [1.29, 1.82) is 0 Å². The molecular weight excluding hydrogens is 635 g/mol. The quantitative estimate of drug-likeness (QED) is 0.185. The van der Waals surface area contributed by atoms with Crippen molar-refractivity contribution in [3.8, 4) is 5.75 Å². The van der Waals surface area contributed by atoms with Crippen LogP contribution in [0.1, 0.15) is 75.0 Å². The number of benzene rings is 3. The van der Waals surface area contributed by atoms with E-state index in [0.717, 1.165) is 48.0 Å². The van der Waals surface area contributed by atoms with Crippen LogP contribution >= 0.6 is 0 Å². The first kappa shape index (κ1) is 35.0. The number of hydrogen-bond acceptors (Lipinski definition) is 5. The highest BCUT2D eigenvalue weighted by molar-refractivity contribution is 7.92. The molecule has 0 unspecified atom stereocenters. The summed E-state index contributed by atoms with van der Waals surface area (Å²) in [5.74, 6) is 2.32. The minimum absolute atomic E-state index is 0.108. The van der Waals surface area contributed by atoms with Crippen LogP contribution < -0.4 is 14.4 Å². The van der Waals surface area contributed by atoms with Gasteiger partial charge in [0.2, 0.25) is 21.8 Å². The smallest absolute Gasteiger partial charge is 0.244 e. The SMILES string of the molecule is CCCCNC(=O)[C@@H](Cc1ccccc1)N(Cc1cccc(OC)c1)C(=O)CN(c1ccc(C23CC4CC(CC(C4)C2)C3)cc1)S(C)(=O)=O. The lowest BCUT2D eigenvalue weighted by Gasteiger charge is -2.57. The number of carbonyl (C=O) groups excluding carboxylic acids is 2. The van der Waals surface area contributed by atoms with E-state index in [0.29, 0.717) is 18.0 Å². The van der Waals surface area contributed by atoms with Crippen molar-refractivity contribution >= 4 is 27.5 Å². The van der Waals surface area contributed by atoms with Crippen molar-refractivity contribution in [1.82, 2.24) is 10.2 Å². The van der Waals surface area contributed by atoms with Gasteiger partial charge >= 0.3 is 0 Å². The van der Waals surface area contributed by atoms with Gasteiger partial charge in [0.05, 0.1) is 19.1 Å². The second kappa shape index (κ2) is 15.0. The lowest BCUT2D eigenvalue weighted by molar-refractivity contribution is -0.140. The van der Waals surface area contributed by atoms with E-state index in [1.54, 1.807) is 7.11 Å². The molecule has 4 fully saturated rings. The van der Waals surface area contributed by atoms with E-state index in [1.807, 2.05) is 66.7 Å². The number of nitrogens with zero attached hydrogens (tertiary/aromatic N) is 2. The molecule has 9 heteroatoms. The molecule has 4 aliphatic carbocycles. The van der Waals surface area contributed by atoms with Crippen molar-refractivity contribution < 1.29 is 22.7 Å². The largest absolute Gasteiger partial charge is 0.497 e. The molecule has 3 aromatic rings. The van der Waals surface area contributed by atoms with Crippen LogP contribution in [0.3, 0.4) is 0 Å². The second-order valence-electron chi connectivity index (χ2n) is 14.7. The molecule has 0 aromatic heterocycles. The molecule has 0 spiro atoms. The van der Waals surface area contributed by atoms with E-state index in [4.69, 9.17) is 4.74 Å². The predicted molar refractivity (Wildman–Crippen MR) is 194 cm³/mol. The van der Waals surface area contributed by atoms with Crippen molar-refractivity contribution in [3.63, 3.8) is 0 Å². The van der Waals surface area contributed by atoms with E-state index < -0.39 is 28.5 Å². The van der Waals surface area contributed by atoms with Crippen LogP contribution in [0.15, 0.2) is 78.9 Å². The fraction of sp³-hybridized carbons (Fsp3) is 0.500. The zero-order valence-electron chi connectivity index (χ0n) is 29.1. The van der Waals surface area contributed by atoms with Crippen molar-refractivity contribution in [2.75, 3.05) is 30.8 Å². The number of carbonyl (C=O) groups is 2. The van der Waals surface area contributed by atoms with Crippen LogP contribution in [0.25, 0.3) is 0 Å². The molecule has 0 aliphatic heterocycles. The lowest BCUT2D eigenvalue weighted by Crippen LogP contribution is -2.53. The Bertz CT molecular complexity index is 1670. The van der Waals surface area contributed by atoms with Gasteiger partial charge in [-0.05, 0) is 109 Å². The van der Waals surface area contributed by atoms with Crippen LogP contribution in [0.5, 0.6) is 5.75 Å². The Morgan fingerprint density at radius 2 is 1.53 bits per heavy atom. The molecule has 262 valence electrons. The molecule has 1 N–H and O–H groups in total. The highest BCUT2D eigenvalue weighted by Crippen LogP contribution is 2.60. The Hall–Kier alpha value is -3.85. The summed E-state index contributed by atoms with van der Waals surface area (Å²) in [5, 5.41) is 3.03. The minimum atomic E-state index is -3.85. The zero-order valence-corrected chi connectivity index (χ0v) is 30.0. The van der Waals surface area contributed by atoms with E-state index in [1.165, 1.54) is 53.3 Å². The van der Waals surface area contributed by atoms with E-state index >= 15 is 0 Å². The fourth-order valence-electron chi connectivity index (χ4n) is 9.09. The first-order valence-electron chi connectivity index (χ1n) is 17.9. The Kier molecular flexibility index (Phi) is 10.7. The normalized spacial score (nSPS) is 23.1. The predicted octanol–water partition coefficient (Wildman–Crippen LogP) is 6.49. The number of sulfonamides is 1. The summed E-state index contributed by atoms with van der Waals surface area (Å²) in [4.78, 5) is 29.9. The number of hydrogen-bond donors (Lipinski definition) is 1. The number of anilines is 1. The average Bonchev–Trinajstić information content (AvgIpc) is 3.08. The molecule has 7 rings (SSSR count). The zero-order chi connectivity index (χ0) is 34.6. The van der Waals surface area contributed by atoms with E-state index in [2.05, 4.69) is 24.4 Å². The van der Waals surface area contributed by atoms with E-state index in [9.17, 15) is 18.0 Å². The van der Waals surface area contributed by atoms with Gasteiger partial charge in [0.15, 0.2) is 0 Å². The number of amides is 2. The minimum Gasteiger partial charge on any atom is -0.497 e. The summed E-state index contributed by atoms with van der Waals surface area (Å²) in [6.07, 6.45) is 10.9. The van der Waals surface area contributed by atoms with Gasteiger partial charge in [0.1, 0.15) is 18.3 Å². The number of ether oxygens (including phenoxy) is 1. The topological polar surface area (TPSA) is 96.0 Å². The third kappa shape index (κ3) is 8.14. The maximum absolute atomic E-state index is 14.5. The maximum atomic E-state index is 14.5. The average molecular weight is 686 g/mol. The summed E-state index contributed by atoms with van der Waals surface area (Å²) in [7, 11) is -2.26. The number of unbranched alkanes of at least 4 members (excludes halogenated alkanes) is 1. The third-order valence-corrected chi connectivity index (χ3v) is 12.2. The lowest BCUT2D eigenvalue weighted by atomic mass is 9.48. The van der Waals surface area contributed by atoms with Crippen molar-refractivity contribution in [3.05, 3.63) is 95.6 Å². The molecule has 8 nitrogen and oxygen atoms in total. The molecular formula is C40H51N3O5S. The van der Waals surface area contributed by atoms with Crippen LogP contribution in [-0.2, 0) is 38.0 Å². The first-order valence-corrected chi connectivity index (χ1v) is 19.7. The molecule has 0 radical (unpaired) electrons. The molecule has 0 saturated heterocycles. The summed E-state index contributed by atoms with van der Waals surface area (Å²) < 4.78 is 33.4. The highest BCUT2D eigenvalue weighted by atomic mass is 32.2. The Morgan fingerprint density at radius 3 is 2.12 bits per heavy atom. The van der Waals surface area contributed by atoms with Gasteiger partial charge in [-0.2, -0.15) is 0 Å². The van der Waals surface area contributed by atoms with Gasteiger partial charge in [-0.1, -0.05) is 67.9 Å². The van der Waals surface area contributed by atoms with Gasteiger partial charge in [0.25, 0.3) is 0 Å². The van der Waals surface area contributed by atoms with Crippen molar-refractivity contribution in [2.45, 2.75) is 82.7 Å². The number of nitrogens with one attached hydrogen (secondary N) is 1. The fourth-order valence-corrected chi connectivity index (χ4v) is 9.94. The molecule has 4 saturated carbocycles. The van der Waals surface area contributed by atoms with Crippen LogP contribution in [0.4, 0.5) is 5.69 Å². The second-order valence-corrected chi connectivity index (χ2v) is 16.6. The molecule has 0 heterocycles. The number of rotatable bonds is 15. The Balaban J connectivity index is 1.30. The van der Waals surface area contributed by atoms with Gasteiger partial charge in [0, 0.05) is 19.5 Å². The van der Waals surface area contributed by atoms with Gasteiger partial charge < -0.3 is 15.0 Å². The van der Waals surface area contributed by atoms with Gasteiger partial charge in [-0.25, -0.2) is 8.42 Å². The summed E-state index contributed by atoms with van der Waals surface area (Å²) in [6, 6.07) is 24.1. The third-order valence-electron chi connectivity index (χ3n) is 11.1. The van der Waals surface area contributed by atoms with Crippen molar-refractivity contribution in [2.24, 2.45) is 17.8 Å². The summed E-state index contributed by atoms with van der Waals surface area (Å²) in [6.45, 7) is 2.24. The standard InChI is InChI=1S/C40H51N3O5S/c1-4-5-18-41-39(45)37(23-29-10-7-6-8-11-29)42(27-30-12-9-13-36(22-30)48-2)38(44)28-43(49(3,46)47)35-16-14-34(15-17-35)40-24-31-19-32(25-40)21-33(20-31)26-40/h6-17,22,31-33,37H,4-5,18-21,23-28H2,1-3H3,(H,41,45)/t31?,32?,33?,37-,40?/m1/s1. The van der Waals surface area contributed by atoms with E-state index in [-0.39, 0.29) is 24.3 Å². The Labute approximate surface area is 292 Å². The van der Waals surface area contributed by atoms with Crippen LogP contribution in [-0.4, -0.2) is 57.6 Å². The highest BCUT2D eigenvalue weighted by Gasteiger charge is 2.51. The molecule has 3 aromatic carbocycles. The molecule has 49 heavy (non-hydrogen) atoms. The van der Waals surface area contributed by atoms with Crippen LogP contribution in [0.2, 0.25) is 0 Å². The Morgan fingerprint density at radius 1 is 0.898 bits per heavy atom. The summed E-state index contributed by atoms with van der Waals surface area (Å²) >= 11 is 0. The van der Waals surface area contributed by atoms with Gasteiger partial charge in [-0.15, -0.1) is 0 Å². The first-order chi connectivity index (χ1) is 23.6. The molecule has 4 aliphatic rings. The number of methoxy groups -OCH3 is 1.